The summed E-state index contributed by atoms with van der Waals surface area (Å²) in [6, 6.07) is 2.72. The predicted molar refractivity (Wildman–Crippen MR) is 72.7 cm³/mol. The van der Waals surface area contributed by atoms with Crippen LogP contribution in [0.25, 0.3) is 0 Å². The fourth-order valence-corrected chi connectivity index (χ4v) is 2.07. The van der Waals surface area contributed by atoms with E-state index < -0.39 is 17.9 Å². The Balaban J connectivity index is 3.15. The van der Waals surface area contributed by atoms with Crippen molar-refractivity contribution < 1.29 is 19.1 Å². The number of ether oxygens (including phenoxy) is 2. The summed E-state index contributed by atoms with van der Waals surface area (Å²) in [6.07, 6.45) is 0.0164. The number of hydrogen-bond acceptors (Lipinski definition) is 5. The third kappa shape index (κ3) is 4.22. The third-order valence-electron chi connectivity index (χ3n) is 2.35. The largest absolute Gasteiger partial charge is 0.493 e. The lowest BCUT2D eigenvalue weighted by molar-refractivity contribution is -0.132. The number of esters is 1. The average molecular weight is 331 g/mol. The minimum Gasteiger partial charge on any atom is -0.493 e. The van der Waals surface area contributed by atoms with Crippen LogP contribution in [0.2, 0.25) is 0 Å². The number of hydrogen-bond donors (Lipinski definition) is 2. The summed E-state index contributed by atoms with van der Waals surface area (Å²) in [5.74, 6) is -0.343. The molecule has 1 aromatic rings. The molecule has 0 fully saturated rings. The Bertz CT molecular complexity index is 505. The van der Waals surface area contributed by atoms with Crippen molar-refractivity contribution in [2.45, 2.75) is 19.4 Å². The second-order valence-corrected chi connectivity index (χ2v) is 4.76. The molecule has 0 aliphatic heterocycles. The maximum atomic E-state index is 11.0. The van der Waals surface area contributed by atoms with Gasteiger partial charge < -0.3 is 20.9 Å². The Morgan fingerprint density at radius 1 is 1.42 bits per heavy atom. The van der Waals surface area contributed by atoms with Crippen LogP contribution in [-0.2, 0) is 9.59 Å². The molecule has 1 rings (SSSR count). The van der Waals surface area contributed by atoms with Crippen LogP contribution in [-0.4, -0.2) is 19.0 Å². The first-order valence-electron chi connectivity index (χ1n) is 5.45. The van der Waals surface area contributed by atoms with Gasteiger partial charge >= 0.3 is 5.97 Å². The van der Waals surface area contributed by atoms with Gasteiger partial charge in [0.05, 0.1) is 11.6 Å². The van der Waals surface area contributed by atoms with Crippen molar-refractivity contribution in [2.75, 3.05) is 7.11 Å². The first-order valence-corrected chi connectivity index (χ1v) is 6.24. The lowest BCUT2D eigenvalue weighted by Crippen LogP contribution is -2.20. The van der Waals surface area contributed by atoms with Gasteiger partial charge in [0.1, 0.15) is 0 Å². The molecule has 0 saturated heterocycles. The standard InChI is InChI=1S/C12H15BrN2O4/c1-6(16)19-12-8(13)3-7(4-10(12)18-2)9(14)5-11(15)17/h3-4,9H,5,14H2,1-2H3,(H2,15,17). The molecule has 1 atom stereocenters. The van der Waals surface area contributed by atoms with Crippen LogP contribution in [0.1, 0.15) is 24.9 Å². The molecule has 6 nitrogen and oxygen atoms in total. The quantitative estimate of drug-likeness (QED) is 0.624. The predicted octanol–water partition coefficient (Wildman–Crippen LogP) is 1.26. The molecule has 0 saturated carbocycles. The van der Waals surface area contributed by atoms with Gasteiger partial charge in [-0.25, -0.2) is 0 Å². The Morgan fingerprint density at radius 2 is 2.05 bits per heavy atom. The summed E-state index contributed by atoms with van der Waals surface area (Å²) in [6.45, 7) is 1.29. The molecular weight excluding hydrogens is 316 g/mol. The number of amides is 1. The number of nitrogens with two attached hydrogens (primary N) is 2. The molecule has 1 amide bonds. The van der Waals surface area contributed by atoms with Crippen LogP contribution in [0, 0.1) is 0 Å². The van der Waals surface area contributed by atoms with Crippen molar-refractivity contribution in [1.82, 2.24) is 0 Å². The first kappa shape index (κ1) is 15.5. The number of carbonyl (C=O) groups excluding carboxylic acids is 2. The average Bonchev–Trinajstić information content (AvgIpc) is 2.29. The van der Waals surface area contributed by atoms with Crippen LogP contribution < -0.4 is 20.9 Å². The van der Waals surface area contributed by atoms with E-state index in [0.29, 0.717) is 15.8 Å². The van der Waals surface area contributed by atoms with Gasteiger partial charge in [-0.1, -0.05) is 0 Å². The molecule has 0 spiro atoms. The summed E-state index contributed by atoms with van der Waals surface area (Å²) < 4.78 is 10.7. The third-order valence-corrected chi connectivity index (χ3v) is 2.94. The molecule has 1 unspecified atom stereocenters. The monoisotopic (exact) mass is 330 g/mol. The van der Waals surface area contributed by atoms with Gasteiger partial charge in [0.25, 0.3) is 0 Å². The van der Waals surface area contributed by atoms with Crippen molar-refractivity contribution in [1.29, 1.82) is 0 Å². The Morgan fingerprint density at radius 3 is 2.53 bits per heavy atom. The number of carbonyl (C=O) groups is 2. The highest BCUT2D eigenvalue weighted by molar-refractivity contribution is 9.10. The Hall–Kier alpha value is -1.60. The fraction of sp³-hybridized carbons (Fsp3) is 0.333. The second-order valence-electron chi connectivity index (χ2n) is 3.90. The number of benzene rings is 1. The van der Waals surface area contributed by atoms with Gasteiger partial charge in [0, 0.05) is 19.4 Å². The van der Waals surface area contributed by atoms with Gasteiger partial charge in [0.2, 0.25) is 5.91 Å². The molecule has 1 aromatic carbocycles. The maximum absolute atomic E-state index is 11.0. The minimum absolute atomic E-state index is 0.0164. The lowest BCUT2D eigenvalue weighted by Gasteiger charge is -2.15. The van der Waals surface area contributed by atoms with Gasteiger partial charge in [-0.05, 0) is 33.6 Å². The van der Waals surface area contributed by atoms with Crippen molar-refractivity contribution >= 4 is 27.8 Å². The molecule has 4 N–H and O–H groups in total. The van der Waals surface area contributed by atoms with Crippen molar-refractivity contribution in [2.24, 2.45) is 11.5 Å². The second kappa shape index (κ2) is 6.53. The zero-order chi connectivity index (χ0) is 14.6. The van der Waals surface area contributed by atoms with Crippen molar-refractivity contribution in [3.8, 4) is 11.5 Å². The van der Waals surface area contributed by atoms with E-state index in [-0.39, 0.29) is 12.2 Å². The van der Waals surface area contributed by atoms with Gasteiger partial charge in [-0.15, -0.1) is 0 Å². The molecule has 104 valence electrons. The first-order chi connectivity index (χ1) is 8.85. The van der Waals surface area contributed by atoms with E-state index in [0.717, 1.165) is 0 Å². The lowest BCUT2D eigenvalue weighted by atomic mass is 10.0. The van der Waals surface area contributed by atoms with Crippen molar-refractivity contribution in [3.05, 3.63) is 22.2 Å². The number of halogens is 1. The zero-order valence-electron chi connectivity index (χ0n) is 10.6. The Kier molecular flexibility index (Phi) is 5.31. The topological polar surface area (TPSA) is 105 Å². The highest BCUT2D eigenvalue weighted by Gasteiger charge is 2.17. The van der Waals surface area contributed by atoms with Crippen LogP contribution in [0.3, 0.4) is 0 Å². The smallest absolute Gasteiger partial charge is 0.308 e. The molecule has 0 aliphatic carbocycles. The van der Waals surface area contributed by atoms with Gasteiger partial charge in [-0.3, -0.25) is 9.59 Å². The Labute approximate surface area is 119 Å². The van der Waals surface area contributed by atoms with Gasteiger partial charge in [-0.2, -0.15) is 0 Å². The number of rotatable bonds is 5. The van der Waals surface area contributed by atoms with E-state index in [1.807, 2.05) is 0 Å². The van der Waals surface area contributed by atoms with Crippen LogP contribution in [0.15, 0.2) is 16.6 Å². The number of primary amides is 1. The molecule has 0 aliphatic rings. The SMILES string of the molecule is COc1cc(C(N)CC(N)=O)cc(Br)c1OC(C)=O. The van der Waals surface area contributed by atoms with Crippen LogP contribution in [0.4, 0.5) is 0 Å². The van der Waals surface area contributed by atoms with Crippen LogP contribution in [0.5, 0.6) is 11.5 Å². The summed E-state index contributed by atoms with van der Waals surface area (Å²) in [4.78, 5) is 21.9. The highest BCUT2D eigenvalue weighted by atomic mass is 79.9. The summed E-state index contributed by atoms with van der Waals surface area (Å²) in [5, 5.41) is 0. The summed E-state index contributed by atoms with van der Waals surface area (Å²) in [5.41, 5.74) is 11.6. The van der Waals surface area contributed by atoms with E-state index in [2.05, 4.69) is 15.9 Å². The molecule has 0 radical (unpaired) electrons. The minimum atomic E-state index is -0.547. The normalized spacial score (nSPS) is 11.8. The molecule has 0 bridgehead atoms. The van der Waals surface area contributed by atoms with Gasteiger partial charge in [0.15, 0.2) is 11.5 Å². The number of methoxy groups -OCH3 is 1. The maximum Gasteiger partial charge on any atom is 0.308 e. The fourth-order valence-electron chi connectivity index (χ4n) is 1.53. The van der Waals surface area contributed by atoms with E-state index in [4.69, 9.17) is 20.9 Å². The highest BCUT2D eigenvalue weighted by Crippen LogP contribution is 2.38. The van der Waals surface area contributed by atoms with E-state index in [1.165, 1.54) is 14.0 Å². The van der Waals surface area contributed by atoms with E-state index >= 15 is 0 Å². The molecular formula is C12H15BrN2O4. The summed E-state index contributed by atoms with van der Waals surface area (Å²) in [7, 11) is 1.44. The van der Waals surface area contributed by atoms with E-state index in [9.17, 15) is 9.59 Å². The molecule has 7 heteroatoms. The van der Waals surface area contributed by atoms with E-state index in [1.54, 1.807) is 12.1 Å². The zero-order valence-corrected chi connectivity index (χ0v) is 12.2. The summed E-state index contributed by atoms with van der Waals surface area (Å²) >= 11 is 3.27. The molecule has 0 heterocycles. The molecule has 0 aromatic heterocycles. The van der Waals surface area contributed by atoms with Crippen LogP contribution >= 0.6 is 15.9 Å². The molecule has 19 heavy (non-hydrogen) atoms. The van der Waals surface area contributed by atoms with Crippen molar-refractivity contribution in [3.63, 3.8) is 0 Å².